The smallest absolute Gasteiger partial charge is 0.344 e. The van der Waals surface area contributed by atoms with Gasteiger partial charge in [-0.2, -0.15) is 0 Å². The molecule has 0 atom stereocenters. The molecule has 0 N–H and O–H groups in total. The van der Waals surface area contributed by atoms with Crippen LogP contribution in [0, 0.1) is 13.8 Å². The van der Waals surface area contributed by atoms with Gasteiger partial charge in [-0.25, -0.2) is 9.59 Å². The molecule has 0 aromatic heterocycles. The Labute approximate surface area is 136 Å². The van der Waals surface area contributed by atoms with Crippen molar-refractivity contribution in [1.82, 2.24) is 0 Å². The first-order chi connectivity index (χ1) is 10.9. The molecule has 2 aromatic rings. The van der Waals surface area contributed by atoms with Crippen LogP contribution in [-0.4, -0.2) is 18.0 Å². The first-order valence-electron chi connectivity index (χ1n) is 7.47. The molecule has 4 nitrogen and oxygen atoms in total. The van der Waals surface area contributed by atoms with Gasteiger partial charge in [0.1, 0.15) is 5.75 Å². The molecule has 0 fully saturated rings. The van der Waals surface area contributed by atoms with E-state index in [0.717, 1.165) is 11.1 Å². The summed E-state index contributed by atoms with van der Waals surface area (Å²) in [6, 6.07) is 12.0. The van der Waals surface area contributed by atoms with Gasteiger partial charge in [0, 0.05) is 0 Å². The number of benzene rings is 2. The minimum absolute atomic E-state index is 0.192. The van der Waals surface area contributed by atoms with Crippen molar-refractivity contribution in [2.45, 2.75) is 33.8 Å². The van der Waals surface area contributed by atoms with Gasteiger partial charge >= 0.3 is 11.9 Å². The normalized spacial score (nSPS) is 10.5. The molecule has 2 rings (SSSR count). The highest BCUT2D eigenvalue weighted by atomic mass is 16.5. The van der Waals surface area contributed by atoms with Gasteiger partial charge in [0.15, 0.2) is 0 Å². The Kier molecular flexibility index (Phi) is 5.16. The zero-order valence-corrected chi connectivity index (χ0v) is 13.8. The lowest BCUT2D eigenvalue weighted by Gasteiger charge is -2.12. The lowest BCUT2D eigenvalue weighted by molar-refractivity contribution is 0.0372. The zero-order chi connectivity index (χ0) is 17.0. The molecule has 4 heteroatoms. The summed E-state index contributed by atoms with van der Waals surface area (Å²) in [5, 5.41) is 0. The van der Waals surface area contributed by atoms with Crippen molar-refractivity contribution in [2.24, 2.45) is 0 Å². The molecule has 0 aliphatic carbocycles. The molecule has 0 aliphatic heterocycles. The van der Waals surface area contributed by atoms with Crippen LogP contribution in [0.4, 0.5) is 0 Å². The topological polar surface area (TPSA) is 52.6 Å². The second-order valence-corrected chi connectivity index (χ2v) is 5.71. The van der Waals surface area contributed by atoms with Gasteiger partial charge in [0.2, 0.25) is 0 Å². The van der Waals surface area contributed by atoms with E-state index in [1.54, 1.807) is 50.2 Å². The number of hydrogen-bond donors (Lipinski definition) is 0. The van der Waals surface area contributed by atoms with E-state index in [1.807, 2.05) is 19.9 Å². The third kappa shape index (κ3) is 4.42. The molecule has 0 saturated carbocycles. The van der Waals surface area contributed by atoms with Crippen molar-refractivity contribution in [3.63, 3.8) is 0 Å². The summed E-state index contributed by atoms with van der Waals surface area (Å²) in [6.45, 7) is 7.37. The Morgan fingerprint density at radius 1 is 0.870 bits per heavy atom. The molecule has 0 saturated heterocycles. The molecular formula is C19H20O4. The quantitative estimate of drug-likeness (QED) is 0.630. The number of aryl methyl sites for hydroxylation is 2. The van der Waals surface area contributed by atoms with Gasteiger partial charge < -0.3 is 9.47 Å². The minimum atomic E-state index is -0.577. The van der Waals surface area contributed by atoms with Crippen LogP contribution in [0.25, 0.3) is 0 Å². The van der Waals surface area contributed by atoms with Gasteiger partial charge in [-0.3, -0.25) is 0 Å². The molecule has 0 spiro atoms. The second-order valence-electron chi connectivity index (χ2n) is 5.71. The van der Waals surface area contributed by atoms with E-state index in [4.69, 9.17) is 9.47 Å². The molecule has 0 radical (unpaired) electrons. The Balaban J connectivity index is 2.27. The number of esters is 2. The van der Waals surface area contributed by atoms with Crippen LogP contribution in [-0.2, 0) is 4.74 Å². The lowest BCUT2D eigenvalue weighted by Crippen LogP contribution is -2.18. The third-order valence-corrected chi connectivity index (χ3v) is 3.12. The lowest BCUT2D eigenvalue weighted by atomic mass is 10.1. The standard InChI is InChI=1S/C19H20O4/c1-12(2)22-18(20)16-7-5-6-8-17(16)19(21)23-15-10-13(3)9-14(4)11-15/h5-12H,1-4H3. The second kappa shape index (κ2) is 7.09. The molecule has 0 heterocycles. The van der Waals surface area contributed by atoms with Crippen molar-refractivity contribution < 1.29 is 19.1 Å². The minimum Gasteiger partial charge on any atom is -0.459 e. The van der Waals surface area contributed by atoms with E-state index >= 15 is 0 Å². The maximum atomic E-state index is 12.4. The molecule has 23 heavy (non-hydrogen) atoms. The number of hydrogen-bond acceptors (Lipinski definition) is 4. The number of rotatable bonds is 4. The van der Waals surface area contributed by atoms with Crippen molar-refractivity contribution in [3.8, 4) is 5.75 Å². The summed E-state index contributed by atoms with van der Waals surface area (Å²) in [5.41, 5.74) is 2.40. The summed E-state index contributed by atoms with van der Waals surface area (Å²) in [7, 11) is 0. The first kappa shape index (κ1) is 16.7. The first-order valence-corrected chi connectivity index (χ1v) is 7.47. The molecule has 0 unspecified atom stereocenters. The highest BCUT2D eigenvalue weighted by Crippen LogP contribution is 2.19. The summed E-state index contributed by atoms with van der Waals surface area (Å²) < 4.78 is 10.6. The summed E-state index contributed by atoms with van der Waals surface area (Å²) in [5.74, 6) is -0.654. The van der Waals surface area contributed by atoms with E-state index in [-0.39, 0.29) is 17.2 Å². The summed E-state index contributed by atoms with van der Waals surface area (Å²) in [4.78, 5) is 24.5. The predicted molar refractivity (Wildman–Crippen MR) is 87.9 cm³/mol. The van der Waals surface area contributed by atoms with Gasteiger partial charge in [0.25, 0.3) is 0 Å². The average Bonchev–Trinajstić information content (AvgIpc) is 2.45. The highest BCUT2D eigenvalue weighted by molar-refractivity contribution is 6.03. The van der Waals surface area contributed by atoms with Crippen molar-refractivity contribution in [2.75, 3.05) is 0 Å². The number of carbonyl (C=O) groups is 2. The summed E-state index contributed by atoms with van der Waals surface area (Å²) in [6.07, 6.45) is -0.258. The van der Waals surface area contributed by atoms with Crippen LogP contribution in [0.2, 0.25) is 0 Å². The molecule has 0 aliphatic rings. The zero-order valence-electron chi connectivity index (χ0n) is 13.8. The van der Waals surface area contributed by atoms with Gasteiger partial charge in [0.05, 0.1) is 17.2 Å². The molecular weight excluding hydrogens is 292 g/mol. The molecule has 0 amide bonds. The summed E-state index contributed by atoms with van der Waals surface area (Å²) >= 11 is 0. The fourth-order valence-corrected chi connectivity index (χ4v) is 2.27. The Morgan fingerprint density at radius 2 is 1.39 bits per heavy atom. The molecule has 2 aromatic carbocycles. The van der Waals surface area contributed by atoms with Crippen LogP contribution in [0.3, 0.4) is 0 Å². The van der Waals surface area contributed by atoms with Crippen molar-refractivity contribution in [3.05, 3.63) is 64.7 Å². The number of carbonyl (C=O) groups excluding carboxylic acids is 2. The van der Waals surface area contributed by atoms with Crippen molar-refractivity contribution in [1.29, 1.82) is 0 Å². The fraction of sp³-hybridized carbons (Fsp3) is 0.263. The Morgan fingerprint density at radius 3 is 1.91 bits per heavy atom. The van der Waals surface area contributed by atoms with Crippen LogP contribution in [0.15, 0.2) is 42.5 Å². The fourth-order valence-electron chi connectivity index (χ4n) is 2.27. The maximum Gasteiger partial charge on any atom is 0.344 e. The van der Waals surface area contributed by atoms with Crippen molar-refractivity contribution >= 4 is 11.9 Å². The van der Waals surface area contributed by atoms with Crippen LogP contribution >= 0.6 is 0 Å². The van der Waals surface area contributed by atoms with Crippen LogP contribution in [0.5, 0.6) is 5.75 Å². The van der Waals surface area contributed by atoms with E-state index in [1.165, 1.54) is 0 Å². The van der Waals surface area contributed by atoms with E-state index in [9.17, 15) is 9.59 Å². The number of ether oxygens (including phenoxy) is 2. The largest absolute Gasteiger partial charge is 0.459 e. The van der Waals surface area contributed by atoms with Crippen LogP contribution < -0.4 is 4.74 Å². The molecule has 120 valence electrons. The highest BCUT2D eigenvalue weighted by Gasteiger charge is 2.20. The SMILES string of the molecule is Cc1cc(C)cc(OC(=O)c2ccccc2C(=O)OC(C)C)c1. The van der Waals surface area contributed by atoms with E-state index in [2.05, 4.69) is 0 Å². The van der Waals surface area contributed by atoms with Crippen LogP contribution in [0.1, 0.15) is 45.7 Å². The maximum absolute atomic E-state index is 12.4. The predicted octanol–water partition coefficient (Wildman–Crippen LogP) is 4.09. The molecule has 0 bridgehead atoms. The Bertz CT molecular complexity index is 712. The van der Waals surface area contributed by atoms with Gasteiger partial charge in [-0.15, -0.1) is 0 Å². The van der Waals surface area contributed by atoms with E-state index in [0.29, 0.717) is 5.75 Å². The monoisotopic (exact) mass is 312 g/mol. The van der Waals surface area contributed by atoms with Gasteiger partial charge in [-0.05, 0) is 63.1 Å². The van der Waals surface area contributed by atoms with Gasteiger partial charge in [-0.1, -0.05) is 18.2 Å². The van der Waals surface area contributed by atoms with E-state index < -0.39 is 11.9 Å². The average molecular weight is 312 g/mol. The third-order valence-electron chi connectivity index (χ3n) is 3.12. The Hall–Kier alpha value is -2.62.